The van der Waals surface area contributed by atoms with Crippen molar-refractivity contribution in [2.75, 3.05) is 6.54 Å². The molecule has 1 N–H and O–H groups in total. The van der Waals surface area contributed by atoms with Crippen LogP contribution in [-0.4, -0.2) is 16.5 Å². The van der Waals surface area contributed by atoms with E-state index in [0.717, 1.165) is 19.0 Å². The minimum absolute atomic E-state index is 0. The minimum Gasteiger partial charge on any atom is -0.313 e. The van der Waals surface area contributed by atoms with E-state index < -0.39 is 0 Å². The number of hydrogen-bond donors (Lipinski definition) is 1. The largest absolute Gasteiger partial charge is 0.313 e. The molecule has 96 valence electrons. The van der Waals surface area contributed by atoms with E-state index in [9.17, 15) is 0 Å². The zero-order chi connectivity index (χ0) is 11.1. The Morgan fingerprint density at radius 3 is 2.59 bits per heavy atom. The Balaban J connectivity index is 0.00000144. The summed E-state index contributed by atoms with van der Waals surface area (Å²) in [5.74, 6) is 1.02. The van der Waals surface area contributed by atoms with Crippen LogP contribution in [0.25, 0.3) is 0 Å². The van der Waals surface area contributed by atoms with Gasteiger partial charge in [0.05, 0.1) is 0 Å². The van der Waals surface area contributed by atoms with Crippen LogP contribution < -0.4 is 5.32 Å². The van der Waals surface area contributed by atoms with E-state index in [-0.39, 0.29) is 12.4 Å². The Labute approximate surface area is 110 Å². The summed E-state index contributed by atoms with van der Waals surface area (Å²) in [4.78, 5) is 7.99. The van der Waals surface area contributed by atoms with Crippen LogP contribution in [0.2, 0.25) is 0 Å². The van der Waals surface area contributed by atoms with E-state index in [2.05, 4.69) is 15.3 Å². The summed E-state index contributed by atoms with van der Waals surface area (Å²) < 4.78 is 0. The highest BCUT2D eigenvalue weighted by atomic mass is 35.5. The lowest BCUT2D eigenvalue weighted by Gasteiger charge is -2.08. The van der Waals surface area contributed by atoms with E-state index in [1.807, 2.05) is 12.4 Å². The Hall–Kier alpha value is -0.670. The highest BCUT2D eigenvalue weighted by Gasteiger charge is 2.13. The topological polar surface area (TPSA) is 37.8 Å². The van der Waals surface area contributed by atoms with Gasteiger partial charge in [-0.3, -0.25) is 0 Å². The van der Waals surface area contributed by atoms with Crippen LogP contribution in [0.4, 0.5) is 0 Å². The highest BCUT2D eigenvalue weighted by Crippen LogP contribution is 2.28. The molecule has 1 aliphatic carbocycles. The van der Waals surface area contributed by atoms with Gasteiger partial charge in [0.25, 0.3) is 0 Å². The van der Waals surface area contributed by atoms with Crippen molar-refractivity contribution < 1.29 is 0 Å². The first kappa shape index (κ1) is 14.4. The predicted octanol–water partition coefficient (Wildman–Crippen LogP) is 2.96. The summed E-state index contributed by atoms with van der Waals surface area (Å²) in [5, 5.41) is 3.45. The van der Waals surface area contributed by atoms with Crippen molar-refractivity contribution >= 4 is 12.4 Å². The number of rotatable bonds is 6. The summed E-state index contributed by atoms with van der Waals surface area (Å²) >= 11 is 0. The smallest absolute Gasteiger partial charge is 0.115 e. The van der Waals surface area contributed by atoms with Crippen LogP contribution >= 0.6 is 12.4 Å². The van der Waals surface area contributed by atoms with Gasteiger partial charge in [0, 0.05) is 24.5 Å². The number of nitrogens with zero attached hydrogens (tertiary/aromatic N) is 2. The van der Waals surface area contributed by atoms with Gasteiger partial charge in [-0.05, 0) is 25.3 Å². The van der Waals surface area contributed by atoms with Crippen LogP contribution in [-0.2, 0) is 6.54 Å². The van der Waals surface area contributed by atoms with E-state index in [1.165, 1.54) is 44.1 Å². The van der Waals surface area contributed by atoms with Gasteiger partial charge in [-0.15, -0.1) is 12.4 Å². The van der Waals surface area contributed by atoms with Crippen molar-refractivity contribution in [2.45, 2.75) is 45.1 Å². The average Bonchev–Trinajstić information content (AvgIpc) is 2.83. The molecule has 17 heavy (non-hydrogen) atoms. The van der Waals surface area contributed by atoms with Crippen molar-refractivity contribution in [1.82, 2.24) is 15.3 Å². The lowest BCUT2D eigenvalue weighted by atomic mass is 10.0. The number of aromatic nitrogens is 2. The van der Waals surface area contributed by atoms with E-state index in [4.69, 9.17) is 0 Å². The average molecular weight is 256 g/mol. The van der Waals surface area contributed by atoms with Gasteiger partial charge in [-0.2, -0.15) is 0 Å². The van der Waals surface area contributed by atoms with Gasteiger partial charge in [-0.25, -0.2) is 9.97 Å². The summed E-state index contributed by atoms with van der Waals surface area (Å²) in [6.07, 6.45) is 13.9. The summed E-state index contributed by atoms with van der Waals surface area (Å²) in [6, 6.07) is 0. The molecule has 0 radical (unpaired) electrons. The third-order valence-electron chi connectivity index (χ3n) is 3.38. The Kier molecular flexibility index (Phi) is 7.13. The SMILES string of the molecule is Cl.c1ncc(CNCCCC2CCCC2)cn1. The molecule has 4 heteroatoms. The molecule has 1 aromatic rings. The molecular weight excluding hydrogens is 234 g/mol. The first-order chi connectivity index (χ1) is 7.95. The number of halogens is 1. The molecular formula is C13H22ClN3. The molecule has 0 aromatic carbocycles. The molecule has 2 rings (SSSR count). The lowest BCUT2D eigenvalue weighted by Crippen LogP contribution is -2.15. The van der Waals surface area contributed by atoms with Gasteiger partial charge < -0.3 is 5.32 Å². The molecule has 1 fully saturated rings. The maximum absolute atomic E-state index is 4.00. The molecule has 0 aliphatic heterocycles. The van der Waals surface area contributed by atoms with Crippen molar-refractivity contribution in [3.05, 3.63) is 24.3 Å². The van der Waals surface area contributed by atoms with Gasteiger partial charge in [-0.1, -0.05) is 25.7 Å². The fourth-order valence-electron chi connectivity index (χ4n) is 2.47. The third-order valence-corrected chi connectivity index (χ3v) is 3.38. The Morgan fingerprint density at radius 1 is 1.18 bits per heavy atom. The van der Waals surface area contributed by atoms with Gasteiger partial charge in [0.15, 0.2) is 0 Å². The highest BCUT2D eigenvalue weighted by molar-refractivity contribution is 5.85. The standard InChI is InChI=1S/C13H21N3.ClH/c1-2-5-12(4-1)6-3-7-14-8-13-9-15-11-16-10-13;/h9-12,14H,1-8H2;1H. The van der Waals surface area contributed by atoms with Crippen molar-refractivity contribution in [2.24, 2.45) is 5.92 Å². The molecule has 0 atom stereocenters. The van der Waals surface area contributed by atoms with Crippen molar-refractivity contribution in [3.63, 3.8) is 0 Å². The zero-order valence-electron chi connectivity index (χ0n) is 10.3. The van der Waals surface area contributed by atoms with Gasteiger partial charge >= 0.3 is 0 Å². The normalized spacial score (nSPS) is 15.8. The summed E-state index contributed by atoms with van der Waals surface area (Å²) in [7, 11) is 0. The molecule has 0 unspecified atom stereocenters. The fourth-order valence-corrected chi connectivity index (χ4v) is 2.47. The molecule has 1 aliphatic rings. The van der Waals surface area contributed by atoms with Crippen LogP contribution in [0.3, 0.4) is 0 Å². The summed E-state index contributed by atoms with van der Waals surface area (Å²) in [5.41, 5.74) is 1.17. The fraction of sp³-hybridized carbons (Fsp3) is 0.692. The van der Waals surface area contributed by atoms with Crippen molar-refractivity contribution in [1.29, 1.82) is 0 Å². The molecule has 1 saturated carbocycles. The third kappa shape index (κ3) is 5.46. The lowest BCUT2D eigenvalue weighted by molar-refractivity contribution is 0.470. The zero-order valence-corrected chi connectivity index (χ0v) is 11.1. The molecule has 0 spiro atoms. The van der Waals surface area contributed by atoms with Crippen LogP contribution in [0.15, 0.2) is 18.7 Å². The molecule has 0 bridgehead atoms. The van der Waals surface area contributed by atoms with Crippen LogP contribution in [0.5, 0.6) is 0 Å². The second-order valence-corrected chi connectivity index (χ2v) is 4.72. The predicted molar refractivity (Wildman–Crippen MR) is 72.2 cm³/mol. The van der Waals surface area contributed by atoms with Gasteiger partial charge in [0.2, 0.25) is 0 Å². The quantitative estimate of drug-likeness (QED) is 0.795. The Bertz CT molecular complexity index is 286. The monoisotopic (exact) mass is 255 g/mol. The number of hydrogen-bond acceptors (Lipinski definition) is 3. The molecule has 1 aromatic heterocycles. The van der Waals surface area contributed by atoms with Gasteiger partial charge in [0.1, 0.15) is 6.33 Å². The Morgan fingerprint density at radius 2 is 1.88 bits per heavy atom. The maximum atomic E-state index is 4.00. The second kappa shape index (κ2) is 8.43. The van der Waals surface area contributed by atoms with Crippen LogP contribution in [0, 0.1) is 5.92 Å². The molecule has 0 saturated heterocycles. The number of nitrogens with one attached hydrogen (secondary N) is 1. The van der Waals surface area contributed by atoms with Crippen LogP contribution in [0.1, 0.15) is 44.1 Å². The summed E-state index contributed by atoms with van der Waals surface area (Å²) in [6.45, 7) is 2.01. The van der Waals surface area contributed by atoms with E-state index in [0.29, 0.717) is 0 Å². The molecule has 3 nitrogen and oxygen atoms in total. The first-order valence-electron chi connectivity index (χ1n) is 6.40. The minimum atomic E-state index is 0. The first-order valence-corrected chi connectivity index (χ1v) is 6.40. The van der Waals surface area contributed by atoms with E-state index >= 15 is 0 Å². The molecule has 1 heterocycles. The van der Waals surface area contributed by atoms with E-state index in [1.54, 1.807) is 6.33 Å². The molecule has 0 amide bonds. The van der Waals surface area contributed by atoms with Crippen molar-refractivity contribution in [3.8, 4) is 0 Å². The second-order valence-electron chi connectivity index (χ2n) is 4.72. The maximum Gasteiger partial charge on any atom is 0.115 e.